The highest BCUT2D eigenvalue weighted by Gasteiger charge is 2.37. The van der Waals surface area contributed by atoms with Gasteiger partial charge in [0.05, 0.1) is 36.8 Å². The van der Waals surface area contributed by atoms with Gasteiger partial charge in [0, 0.05) is 50.5 Å². The highest BCUT2D eigenvalue weighted by atomic mass is 16.5. The number of nitrogens with one attached hydrogen (secondary N) is 1. The van der Waals surface area contributed by atoms with Crippen molar-refractivity contribution in [1.29, 1.82) is 0 Å². The molecule has 2 aliphatic heterocycles. The van der Waals surface area contributed by atoms with Crippen molar-refractivity contribution in [1.82, 2.24) is 4.98 Å². The number of carbonyl (C=O) groups is 1. The van der Waals surface area contributed by atoms with E-state index in [0.717, 1.165) is 55.2 Å². The number of aliphatic carboxylic acids is 1. The SMILES string of the molecule is CCN(c1ccc(C2(CC(=O)O)CCOCC2)cc1Nc1ccc(OC)nc1)C1CCOCC1. The second kappa shape index (κ2) is 11.1. The van der Waals surface area contributed by atoms with Gasteiger partial charge in [0.2, 0.25) is 5.88 Å². The lowest BCUT2D eigenvalue weighted by atomic mass is 9.71. The molecule has 4 rings (SSSR count). The van der Waals surface area contributed by atoms with E-state index in [1.165, 1.54) is 0 Å². The molecule has 1 aromatic heterocycles. The van der Waals surface area contributed by atoms with E-state index in [-0.39, 0.29) is 6.42 Å². The number of hydrogen-bond donors (Lipinski definition) is 2. The summed E-state index contributed by atoms with van der Waals surface area (Å²) in [6.07, 6.45) is 5.20. The highest BCUT2D eigenvalue weighted by molar-refractivity contribution is 5.77. The van der Waals surface area contributed by atoms with Gasteiger partial charge >= 0.3 is 5.97 Å². The predicted molar refractivity (Wildman–Crippen MR) is 131 cm³/mol. The van der Waals surface area contributed by atoms with Crippen LogP contribution in [-0.4, -0.2) is 62.2 Å². The maximum absolute atomic E-state index is 11.8. The van der Waals surface area contributed by atoms with Crippen LogP contribution < -0.4 is 15.0 Å². The Kier molecular flexibility index (Phi) is 7.90. The molecule has 2 N–H and O–H groups in total. The molecular weight excluding hydrogens is 434 g/mol. The minimum Gasteiger partial charge on any atom is -0.481 e. The van der Waals surface area contributed by atoms with Crippen LogP contribution in [0.4, 0.5) is 17.1 Å². The summed E-state index contributed by atoms with van der Waals surface area (Å²) in [6, 6.07) is 10.6. The zero-order chi connectivity index (χ0) is 24.0. The predicted octanol–water partition coefficient (Wildman–Crippen LogP) is 4.36. The van der Waals surface area contributed by atoms with Crippen molar-refractivity contribution in [2.45, 2.75) is 50.5 Å². The Morgan fingerprint density at radius 3 is 2.53 bits per heavy atom. The van der Waals surface area contributed by atoms with Gasteiger partial charge in [-0.3, -0.25) is 4.79 Å². The molecule has 3 heterocycles. The van der Waals surface area contributed by atoms with E-state index in [9.17, 15) is 9.90 Å². The zero-order valence-corrected chi connectivity index (χ0v) is 20.1. The van der Waals surface area contributed by atoms with Gasteiger partial charge in [-0.1, -0.05) is 6.07 Å². The molecule has 0 saturated carbocycles. The fourth-order valence-electron chi connectivity index (χ4n) is 5.19. The smallest absolute Gasteiger partial charge is 0.304 e. The van der Waals surface area contributed by atoms with Crippen LogP contribution in [0.3, 0.4) is 0 Å². The summed E-state index contributed by atoms with van der Waals surface area (Å²) < 4.78 is 16.4. The second-order valence-corrected chi connectivity index (χ2v) is 9.04. The van der Waals surface area contributed by atoms with Crippen LogP contribution >= 0.6 is 0 Å². The molecule has 0 amide bonds. The Bertz CT molecular complexity index is 953. The Morgan fingerprint density at radius 1 is 1.18 bits per heavy atom. The van der Waals surface area contributed by atoms with Gasteiger partial charge < -0.3 is 29.5 Å². The molecule has 8 heteroatoms. The number of nitrogens with zero attached hydrogens (tertiary/aromatic N) is 2. The van der Waals surface area contributed by atoms with Crippen LogP contribution in [0, 0.1) is 0 Å². The maximum Gasteiger partial charge on any atom is 0.304 e. The molecule has 0 bridgehead atoms. The van der Waals surface area contributed by atoms with E-state index in [0.29, 0.717) is 38.0 Å². The molecule has 0 aliphatic carbocycles. The van der Waals surface area contributed by atoms with Gasteiger partial charge in [-0.2, -0.15) is 0 Å². The molecule has 2 saturated heterocycles. The molecule has 2 aliphatic rings. The molecule has 0 unspecified atom stereocenters. The van der Waals surface area contributed by atoms with Crippen molar-refractivity contribution < 1.29 is 24.1 Å². The van der Waals surface area contributed by atoms with Crippen molar-refractivity contribution in [3.63, 3.8) is 0 Å². The van der Waals surface area contributed by atoms with Crippen LogP contribution in [-0.2, 0) is 19.7 Å². The summed E-state index contributed by atoms with van der Waals surface area (Å²) in [4.78, 5) is 18.6. The largest absolute Gasteiger partial charge is 0.481 e. The summed E-state index contributed by atoms with van der Waals surface area (Å²) in [6.45, 7) is 5.73. The average molecular weight is 470 g/mol. The van der Waals surface area contributed by atoms with E-state index < -0.39 is 11.4 Å². The van der Waals surface area contributed by atoms with Crippen LogP contribution in [0.2, 0.25) is 0 Å². The van der Waals surface area contributed by atoms with E-state index in [1.54, 1.807) is 13.3 Å². The number of rotatable bonds is 9. The molecule has 2 fully saturated rings. The van der Waals surface area contributed by atoms with Crippen molar-refractivity contribution in [3.8, 4) is 5.88 Å². The Morgan fingerprint density at radius 2 is 1.91 bits per heavy atom. The number of methoxy groups -OCH3 is 1. The van der Waals surface area contributed by atoms with Crippen LogP contribution in [0.1, 0.15) is 44.6 Å². The van der Waals surface area contributed by atoms with E-state index in [4.69, 9.17) is 14.2 Å². The number of anilines is 3. The maximum atomic E-state index is 11.8. The van der Waals surface area contributed by atoms with Gasteiger partial charge in [-0.05, 0) is 56.4 Å². The minimum absolute atomic E-state index is 0.0939. The first-order valence-corrected chi connectivity index (χ1v) is 12.1. The number of aromatic nitrogens is 1. The minimum atomic E-state index is -0.780. The van der Waals surface area contributed by atoms with Crippen LogP contribution in [0.5, 0.6) is 5.88 Å². The summed E-state index contributed by atoms with van der Waals surface area (Å²) in [5.41, 5.74) is 3.50. The van der Waals surface area contributed by atoms with Gasteiger partial charge in [-0.25, -0.2) is 4.98 Å². The topological polar surface area (TPSA) is 93.2 Å². The standard InChI is InChI=1S/C26H35N3O5/c1-3-29(21-8-12-33-13-9-21)23-6-4-19(26(17-25(30)31)10-14-34-15-11-26)16-22(23)28-20-5-7-24(32-2)27-18-20/h4-7,16,18,21,28H,3,8-15,17H2,1-2H3,(H,30,31). The van der Waals surface area contributed by atoms with Crippen LogP contribution in [0.25, 0.3) is 0 Å². The quantitative estimate of drug-likeness (QED) is 0.560. The fraction of sp³-hybridized carbons (Fsp3) is 0.538. The summed E-state index contributed by atoms with van der Waals surface area (Å²) >= 11 is 0. The Hall–Kier alpha value is -2.84. The van der Waals surface area contributed by atoms with Crippen molar-refractivity contribution in [2.75, 3.05) is 50.3 Å². The molecule has 0 spiro atoms. The second-order valence-electron chi connectivity index (χ2n) is 9.04. The van der Waals surface area contributed by atoms with Gasteiger partial charge in [-0.15, -0.1) is 0 Å². The van der Waals surface area contributed by atoms with Crippen molar-refractivity contribution in [3.05, 3.63) is 42.1 Å². The highest BCUT2D eigenvalue weighted by Crippen LogP contribution is 2.42. The molecule has 0 atom stereocenters. The molecule has 0 radical (unpaired) electrons. The van der Waals surface area contributed by atoms with Gasteiger partial charge in [0.25, 0.3) is 0 Å². The summed E-state index contributed by atoms with van der Waals surface area (Å²) in [5, 5.41) is 13.3. The average Bonchev–Trinajstić information content (AvgIpc) is 2.86. The zero-order valence-electron chi connectivity index (χ0n) is 20.1. The van der Waals surface area contributed by atoms with E-state index >= 15 is 0 Å². The lowest BCUT2D eigenvalue weighted by Gasteiger charge is -2.39. The fourth-order valence-corrected chi connectivity index (χ4v) is 5.19. The third kappa shape index (κ3) is 5.45. The summed E-state index contributed by atoms with van der Waals surface area (Å²) in [7, 11) is 1.60. The number of hydrogen-bond acceptors (Lipinski definition) is 7. The van der Waals surface area contributed by atoms with Crippen LogP contribution in [0.15, 0.2) is 36.5 Å². The Labute approximate surface area is 201 Å². The van der Waals surface area contributed by atoms with E-state index in [2.05, 4.69) is 40.3 Å². The number of carboxylic acids is 1. The lowest BCUT2D eigenvalue weighted by molar-refractivity contribution is -0.139. The van der Waals surface area contributed by atoms with E-state index in [1.807, 2.05) is 12.1 Å². The first-order valence-electron chi connectivity index (χ1n) is 12.1. The number of ether oxygens (including phenoxy) is 3. The summed E-state index contributed by atoms with van der Waals surface area (Å²) in [5.74, 6) is -0.225. The van der Waals surface area contributed by atoms with Crippen molar-refractivity contribution >= 4 is 23.0 Å². The number of pyridine rings is 1. The number of benzene rings is 1. The monoisotopic (exact) mass is 469 g/mol. The molecule has 184 valence electrons. The molecule has 2 aromatic rings. The van der Waals surface area contributed by atoms with Gasteiger partial charge in [0.15, 0.2) is 0 Å². The first-order chi connectivity index (χ1) is 16.5. The van der Waals surface area contributed by atoms with Gasteiger partial charge in [0.1, 0.15) is 0 Å². The third-order valence-electron chi connectivity index (χ3n) is 7.05. The first kappa shape index (κ1) is 24.3. The Balaban J connectivity index is 1.74. The third-order valence-corrected chi connectivity index (χ3v) is 7.05. The molecule has 8 nitrogen and oxygen atoms in total. The molecular formula is C26H35N3O5. The normalized spacial score (nSPS) is 18.3. The molecule has 34 heavy (non-hydrogen) atoms. The number of carboxylic acid groups (broad SMARTS) is 1. The lowest BCUT2D eigenvalue weighted by Crippen LogP contribution is -2.40. The van der Waals surface area contributed by atoms with Crippen molar-refractivity contribution in [2.24, 2.45) is 0 Å². The molecule has 1 aromatic carbocycles.